The average Bonchev–Trinajstić information content (AvgIpc) is 3.44. The molecule has 1 N–H and O–H groups in total. The SMILES string of the molecule is CCCn1c2nc(C3CCCC3)nc-2c2n(c1=O)C[C@H](CC1CCCCC1)N2. The highest BCUT2D eigenvalue weighted by atomic mass is 16.1. The Morgan fingerprint density at radius 3 is 2.54 bits per heavy atom. The normalized spacial score (nSPS) is 23.4. The molecule has 5 aliphatic rings. The lowest BCUT2D eigenvalue weighted by atomic mass is 9.85. The van der Waals surface area contributed by atoms with Crippen molar-refractivity contribution in [3.8, 4) is 11.5 Å². The van der Waals surface area contributed by atoms with Gasteiger partial charge >= 0.3 is 5.69 Å². The molecule has 0 unspecified atom stereocenters. The summed E-state index contributed by atoms with van der Waals surface area (Å²) in [5.74, 6) is 3.95. The Morgan fingerprint density at radius 2 is 1.79 bits per heavy atom. The van der Waals surface area contributed by atoms with Gasteiger partial charge in [0.05, 0.1) is 0 Å². The summed E-state index contributed by atoms with van der Waals surface area (Å²) in [5.41, 5.74) is 1.00. The van der Waals surface area contributed by atoms with Crippen molar-refractivity contribution in [3.05, 3.63) is 16.3 Å². The molecule has 28 heavy (non-hydrogen) atoms. The second-order valence-electron chi connectivity index (χ2n) is 9.21. The monoisotopic (exact) mass is 383 g/mol. The van der Waals surface area contributed by atoms with Crippen LogP contribution < -0.4 is 11.0 Å². The van der Waals surface area contributed by atoms with Crippen LogP contribution in [0.25, 0.3) is 11.5 Å². The molecule has 0 aromatic heterocycles. The zero-order valence-corrected chi connectivity index (χ0v) is 17.1. The molecule has 0 aromatic carbocycles. The van der Waals surface area contributed by atoms with E-state index in [1.54, 1.807) is 0 Å². The van der Waals surface area contributed by atoms with Crippen molar-refractivity contribution in [2.24, 2.45) is 5.92 Å². The van der Waals surface area contributed by atoms with E-state index in [-0.39, 0.29) is 5.69 Å². The minimum atomic E-state index is 0.0841. The van der Waals surface area contributed by atoms with Crippen LogP contribution in [0.1, 0.15) is 89.3 Å². The Balaban J connectivity index is 1.49. The highest BCUT2D eigenvalue weighted by molar-refractivity contribution is 5.70. The smallest absolute Gasteiger partial charge is 0.331 e. The van der Waals surface area contributed by atoms with Crippen LogP contribution in [-0.2, 0) is 13.1 Å². The average molecular weight is 384 g/mol. The molecular formula is C22H33N5O. The number of rotatable bonds is 5. The van der Waals surface area contributed by atoms with E-state index in [2.05, 4.69) is 12.2 Å². The van der Waals surface area contributed by atoms with E-state index in [1.165, 1.54) is 64.2 Å². The third kappa shape index (κ3) is 3.15. The number of hydrogen-bond donors (Lipinski definition) is 1. The van der Waals surface area contributed by atoms with E-state index >= 15 is 0 Å². The van der Waals surface area contributed by atoms with Crippen molar-refractivity contribution >= 4 is 5.82 Å². The number of anilines is 1. The Morgan fingerprint density at radius 1 is 1.04 bits per heavy atom. The molecule has 5 rings (SSSR count). The molecular weight excluding hydrogens is 350 g/mol. The summed E-state index contributed by atoms with van der Waals surface area (Å²) in [6.07, 6.45) is 13.8. The maximum Gasteiger partial charge on any atom is 0.331 e. The summed E-state index contributed by atoms with van der Waals surface area (Å²) in [7, 11) is 0. The first-order valence-electron chi connectivity index (χ1n) is 11.5. The van der Waals surface area contributed by atoms with Gasteiger partial charge < -0.3 is 5.32 Å². The Hall–Kier alpha value is -1.85. The number of fused-ring (bicyclic) bond motifs is 3. The first-order valence-corrected chi connectivity index (χ1v) is 11.5. The number of imidazole rings is 1. The molecule has 1 atom stereocenters. The number of nitrogens with zero attached hydrogens (tertiary/aromatic N) is 4. The van der Waals surface area contributed by atoms with Crippen LogP contribution in [0.4, 0.5) is 5.82 Å². The fourth-order valence-corrected chi connectivity index (χ4v) is 5.68. The van der Waals surface area contributed by atoms with Crippen molar-refractivity contribution in [2.45, 2.75) is 103 Å². The van der Waals surface area contributed by atoms with E-state index < -0.39 is 0 Å². The van der Waals surface area contributed by atoms with Crippen molar-refractivity contribution in [3.63, 3.8) is 0 Å². The van der Waals surface area contributed by atoms with Crippen LogP contribution in [-0.4, -0.2) is 25.1 Å². The minimum absolute atomic E-state index is 0.0841. The summed E-state index contributed by atoms with van der Waals surface area (Å²) in [6, 6.07) is 0.350. The molecule has 0 amide bonds. The quantitative estimate of drug-likeness (QED) is 0.832. The van der Waals surface area contributed by atoms with E-state index in [4.69, 9.17) is 9.97 Å². The van der Waals surface area contributed by atoms with Crippen molar-refractivity contribution in [1.82, 2.24) is 19.1 Å². The molecule has 0 saturated heterocycles. The van der Waals surface area contributed by atoms with Gasteiger partial charge in [-0.3, -0.25) is 9.13 Å². The summed E-state index contributed by atoms with van der Waals surface area (Å²) in [4.78, 5) is 23.1. The van der Waals surface area contributed by atoms with E-state index in [0.717, 1.165) is 42.0 Å². The summed E-state index contributed by atoms with van der Waals surface area (Å²) in [5, 5.41) is 3.69. The molecule has 0 bridgehead atoms. The van der Waals surface area contributed by atoms with Gasteiger partial charge in [0.1, 0.15) is 17.3 Å². The Labute approximate surface area is 167 Å². The molecule has 152 valence electrons. The second-order valence-corrected chi connectivity index (χ2v) is 9.21. The van der Waals surface area contributed by atoms with Gasteiger partial charge in [-0.25, -0.2) is 14.8 Å². The summed E-state index contributed by atoms with van der Waals surface area (Å²) >= 11 is 0. The second kappa shape index (κ2) is 7.53. The van der Waals surface area contributed by atoms with Crippen LogP contribution in [0.5, 0.6) is 0 Å². The molecule has 2 aliphatic carbocycles. The molecule has 6 nitrogen and oxygen atoms in total. The van der Waals surface area contributed by atoms with Gasteiger partial charge in [0.15, 0.2) is 5.82 Å². The summed E-state index contributed by atoms with van der Waals surface area (Å²) < 4.78 is 3.81. The first kappa shape index (κ1) is 18.2. The maximum absolute atomic E-state index is 13.3. The van der Waals surface area contributed by atoms with Gasteiger partial charge in [-0.05, 0) is 31.6 Å². The van der Waals surface area contributed by atoms with Crippen LogP contribution >= 0.6 is 0 Å². The van der Waals surface area contributed by atoms with Crippen LogP contribution in [0, 0.1) is 5.92 Å². The number of hydrogen-bond acceptors (Lipinski definition) is 4. The van der Waals surface area contributed by atoms with Crippen molar-refractivity contribution in [2.75, 3.05) is 5.32 Å². The van der Waals surface area contributed by atoms with Gasteiger partial charge in [0.25, 0.3) is 0 Å². The van der Waals surface area contributed by atoms with Crippen molar-refractivity contribution in [1.29, 1.82) is 0 Å². The Bertz CT molecular complexity index is 857. The third-order valence-electron chi connectivity index (χ3n) is 7.12. The predicted molar refractivity (Wildman–Crippen MR) is 111 cm³/mol. The van der Waals surface area contributed by atoms with Gasteiger partial charge in [0.2, 0.25) is 0 Å². The fraction of sp³-hybridized carbons (Fsp3) is 0.773. The van der Waals surface area contributed by atoms with Gasteiger partial charge in [-0.2, -0.15) is 0 Å². The molecule has 6 heteroatoms. The van der Waals surface area contributed by atoms with E-state index in [1.807, 2.05) is 9.13 Å². The zero-order chi connectivity index (χ0) is 19.1. The van der Waals surface area contributed by atoms with Crippen molar-refractivity contribution < 1.29 is 0 Å². The topological polar surface area (TPSA) is 64.7 Å². The maximum atomic E-state index is 13.3. The highest BCUT2D eigenvalue weighted by Gasteiger charge is 2.34. The van der Waals surface area contributed by atoms with Gasteiger partial charge in [0, 0.05) is 25.0 Å². The van der Waals surface area contributed by atoms with Crippen LogP contribution in [0.3, 0.4) is 0 Å². The third-order valence-corrected chi connectivity index (χ3v) is 7.12. The van der Waals surface area contributed by atoms with Gasteiger partial charge in [-0.15, -0.1) is 0 Å². The van der Waals surface area contributed by atoms with Gasteiger partial charge in [-0.1, -0.05) is 51.9 Å². The number of aromatic nitrogens is 4. The molecule has 0 aromatic rings. The molecule has 0 spiro atoms. The van der Waals surface area contributed by atoms with Crippen LogP contribution in [0.2, 0.25) is 0 Å². The standard InChI is InChI=1S/C22H33N5O/c1-2-12-26-21-18(24-19(25-21)16-10-6-7-11-16)20-23-17(14-27(20)22(26)28)13-15-8-4-3-5-9-15/h15-17,23H,2-14H2,1H3/t17-/m0/s1. The fourth-order valence-electron chi connectivity index (χ4n) is 5.68. The lowest BCUT2D eigenvalue weighted by Gasteiger charge is -2.24. The summed E-state index contributed by atoms with van der Waals surface area (Å²) in [6.45, 7) is 3.61. The number of nitrogens with one attached hydrogen (secondary N) is 1. The van der Waals surface area contributed by atoms with E-state index in [0.29, 0.717) is 18.5 Å². The molecule has 0 radical (unpaired) electrons. The Kier molecular flexibility index (Phi) is 4.89. The zero-order valence-electron chi connectivity index (χ0n) is 17.1. The lowest BCUT2D eigenvalue weighted by molar-refractivity contribution is 0.319. The molecule has 2 saturated carbocycles. The van der Waals surface area contributed by atoms with E-state index in [9.17, 15) is 4.79 Å². The molecule has 2 fully saturated rings. The minimum Gasteiger partial charge on any atom is -0.365 e. The largest absolute Gasteiger partial charge is 0.365 e. The van der Waals surface area contributed by atoms with Crippen LogP contribution in [0.15, 0.2) is 4.79 Å². The molecule has 3 heterocycles. The molecule has 3 aliphatic heterocycles. The highest BCUT2D eigenvalue weighted by Crippen LogP contribution is 2.38. The first-order chi connectivity index (χ1) is 13.7. The predicted octanol–water partition coefficient (Wildman–Crippen LogP) is 4.38. The lowest BCUT2D eigenvalue weighted by Crippen LogP contribution is -2.32.